The van der Waals surface area contributed by atoms with Gasteiger partial charge in [0.2, 0.25) is 10.0 Å². The van der Waals surface area contributed by atoms with Crippen molar-refractivity contribution >= 4 is 37.5 Å². The van der Waals surface area contributed by atoms with Crippen molar-refractivity contribution < 1.29 is 27.1 Å². The molecule has 1 heterocycles. The number of benzene rings is 2. The summed E-state index contributed by atoms with van der Waals surface area (Å²) in [6.45, 7) is 1.27. The van der Waals surface area contributed by atoms with E-state index in [-0.39, 0.29) is 22.2 Å². The summed E-state index contributed by atoms with van der Waals surface area (Å²) in [4.78, 5) is 12.7. The molecule has 10 heteroatoms. The van der Waals surface area contributed by atoms with Crippen molar-refractivity contribution in [3.63, 3.8) is 0 Å². The van der Waals surface area contributed by atoms with E-state index in [1.165, 1.54) is 13.0 Å². The van der Waals surface area contributed by atoms with Gasteiger partial charge in [-0.3, -0.25) is 9.52 Å². The van der Waals surface area contributed by atoms with Crippen LogP contribution in [0, 0.1) is 11.6 Å². The van der Waals surface area contributed by atoms with Gasteiger partial charge in [-0.15, -0.1) is 0 Å². The van der Waals surface area contributed by atoms with E-state index in [1.54, 1.807) is 24.3 Å². The summed E-state index contributed by atoms with van der Waals surface area (Å²) in [6.07, 6.45) is 2.43. The second-order valence-electron chi connectivity index (χ2n) is 7.48. The van der Waals surface area contributed by atoms with E-state index in [0.717, 1.165) is 12.1 Å². The first-order chi connectivity index (χ1) is 14.5. The molecule has 2 aromatic carbocycles. The molecule has 2 aromatic rings. The van der Waals surface area contributed by atoms with E-state index >= 15 is 0 Å². The fraction of sp³-hybridized carbons (Fsp3) is 0.190. The minimum atomic E-state index is -4.46. The van der Waals surface area contributed by atoms with E-state index in [4.69, 9.17) is 0 Å². The van der Waals surface area contributed by atoms with Crippen LogP contribution in [0.1, 0.15) is 12.5 Å². The van der Waals surface area contributed by atoms with Crippen LogP contribution in [0.5, 0.6) is 0 Å². The van der Waals surface area contributed by atoms with Crippen molar-refractivity contribution in [3.05, 3.63) is 75.8 Å². The highest BCUT2D eigenvalue weighted by atomic mass is 79.9. The molecule has 2 unspecified atom stereocenters. The zero-order chi connectivity index (χ0) is 22.6. The molecule has 1 amide bonds. The monoisotopic (exact) mass is 510 g/mol. The number of aliphatic hydroxyl groups is 1. The van der Waals surface area contributed by atoms with Crippen molar-refractivity contribution in [2.75, 3.05) is 4.72 Å². The summed E-state index contributed by atoms with van der Waals surface area (Å²) in [5, 5.41) is 11.9. The van der Waals surface area contributed by atoms with Crippen LogP contribution in [-0.4, -0.2) is 30.3 Å². The summed E-state index contributed by atoms with van der Waals surface area (Å²) in [5.74, 6) is -2.58. The summed E-state index contributed by atoms with van der Waals surface area (Å²) >= 11 is 3.14. The number of halogens is 3. The van der Waals surface area contributed by atoms with Crippen LogP contribution < -0.4 is 10.0 Å². The third-order valence-corrected chi connectivity index (χ3v) is 8.10. The molecule has 3 N–H and O–H groups in total. The van der Waals surface area contributed by atoms with Crippen LogP contribution in [0.2, 0.25) is 0 Å². The van der Waals surface area contributed by atoms with Gasteiger partial charge in [-0.2, -0.15) is 0 Å². The lowest BCUT2D eigenvalue weighted by Gasteiger charge is -2.34. The molecule has 0 spiro atoms. The maximum absolute atomic E-state index is 14.6. The first-order valence-corrected chi connectivity index (χ1v) is 11.5. The van der Waals surface area contributed by atoms with E-state index in [1.807, 2.05) is 0 Å². The largest absolute Gasteiger partial charge is 0.383 e. The van der Waals surface area contributed by atoms with Gasteiger partial charge in [-0.05, 0) is 36.3 Å². The number of hydrogen-bond donors (Lipinski definition) is 3. The highest BCUT2D eigenvalue weighted by molar-refractivity contribution is 9.11. The summed E-state index contributed by atoms with van der Waals surface area (Å²) in [7, 11) is -4.46. The second kappa shape index (κ2) is 7.54. The van der Waals surface area contributed by atoms with Crippen LogP contribution in [0.4, 0.5) is 14.5 Å². The van der Waals surface area contributed by atoms with Crippen LogP contribution in [0.15, 0.2) is 58.6 Å². The average Bonchev–Trinajstić information content (AvgIpc) is 2.70. The van der Waals surface area contributed by atoms with Gasteiger partial charge in [0.1, 0.15) is 22.5 Å². The minimum Gasteiger partial charge on any atom is -0.383 e. The molecule has 6 nitrogen and oxygen atoms in total. The van der Waals surface area contributed by atoms with E-state index in [0.29, 0.717) is 17.2 Å². The SMILES string of the molecule is CC1(O)C(Br)=CC2=CC1S(=O)(=O)Nc1cc(c(F)cc1F)-c1ccccc1CNC2=O. The van der Waals surface area contributed by atoms with Gasteiger partial charge in [-0.25, -0.2) is 17.2 Å². The summed E-state index contributed by atoms with van der Waals surface area (Å²) in [5.41, 5.74) is -1.50. The molecule has 0 fully saturated rings. The lowest BCUT2D eigenvalue weighted by molar-refractivity contribution is -0.117. The minimum absolute atomic E-state index is 0.00358. The number of carbonyl (C=O) groups is 1. The van der Waals surface area contributed by atoms with Gasteiger partial charge in [-0.1, -0.05) is 40.2 Å². The molecule has 0 aromatic heterocycles. The van der Waals surface area contributed by atoms with Crippen LogP contribution in [-0.2, 0) is 21.4 Å². The van der Waals surface area contributed by atoms with E-state index < -0.39 is 44.1 Å². The van der Waals surface area contributed by atoms with Crippen molar-refractivity contribution in [2.45, 2.75) is 24.3 Å². The van der Waals surface area contributed by atoms with Gasteiger partial charge in [0, 0.05) is 28.2 Å². The van der Waals surface area contributed by atoms with Crippen molar-refractivity contribution in [1.82, 2.24) is 5.32 Å². The number of fused-ring (bicyclic) bond motifs is 5. The molecule has 1 aliphatic heterocycles. The van der Waals surface area contributed by atoms with Gasteiger partial charge < -0.3 is 10.4 Å². The first kappa shape index (κ1) is 21.7. The summed E-state index contributed by atoms with van der Waals surface area (Å²) in [6, 6.07) is 8.28. The highest BCUT2D eigenvalue weighted by Crippen LogP contribution is 2.38. The van der Waals surface area contributed by atoms with Crippen LogP contribution >= 0.6 is 15.9 Å². The molecule has 0 saturated carbocycles. The number of hydrogen-bond acceptors (Lipinski definition) is 4. The first-order valence-electron chi connectivity index (χ1n) is 9.20. The fourth-order valence-electron chi connectivity index (χ4n) is 3.59. The van der Waals surface area contributed by atoms with Crippen LogP contribution in [0.25, 0.3) is 11.1 Å². The standard InChI is InChI=1S/C21H17BrF2N2O4S/c1-21(28)18(22)6-12-7-19(21)31(29,30)26-17-8-14(15(23)9-16(17)24)13-5-3-2-4-11(13)10-25-20(12)27/h2-9,19,26,28H,10H2,1H3,(H,25,27). The van der Waals surface area contributed by atoms with Crippen molar-refractivity contribution in [2.24, 2.45) is 0 Å². The van der Waals surface area contributed by atoms with E-state index in [2.05, 4.69) is 26.0 Å². The van der Waals surface area contributed by atoms with Gasteiger partial charge in [0.25, 0.3) is 5.91 Å². The second-order valence-corrected chi connectivity index (χ2v) is 10.1. The molecule has 31 heavy (non-hydrogen) atoms. The van der Waals surface area contributed by atoms with Crippen LogP contribution in [0.3, 0.4) is 0 Å². The molecule has 0 saturated heterocycles. The molecular weight excluding hydrogens is 494 g/mol. The predicted octanol–water partition coefficient (Wildman–Crippen LogP) is 3.34. The predicted molar refractivity (Wildman–Crippen MR) is 116 cm³/mol. The Morgan fingerprint density at radius 3 is 2.61 bits per heavy atom. The molecule has 0 radical (unpaired) electrons. The molecule has 1 aliphatic carbocycles. The fourth-order valence-corrected chi connectivity index (χ4v) is 5.88. The highest BCUT2D eigenvalue weighted by Gasteiger charge is 2.45. The van der Waals surface area contributed by atoms with Gasteiger partial charge >= 0.3 is 0 Å². The van der Waals surface area contributed by atoms with Gasteiger partial charge in [0.05, 0.1) is 5.69 Å². The Morgan fingerprint density at radius 1 is 1.16 bits per heavy atom. The maximum atomic E-state index is 14.6. The lowest BCUT2D eigenvalue weighted by Crippen LogP contribution is -2.48. The number of anilines is 1. The Kier molecular flexibility index (Phi) is 5.27. The number of carbonyl (C=O) groups excluding carboxylic acids is 1. The Hall–Kier alpha value is -2.56. The topological polar surface area (TPSA) is 95.5 Å². The number of rotatable bonds is 0. The molecule has 4 bridgehead atoms. The third kappa shape index (κ3) is 3.79. The average molecular weight is 511 g/mol. The Bertz CT molecular complexity index is 1270. The molecule has 162 valence electrons. The quantitative estimate of drug-likeness (QED) is 0.506. The molecule has 2 atom stereocenters. The van der Waals surface area contributed by atoms with Gasteiger partial charge in [0.15, 0.2) is 0 Å². The maximum Gasteiger partial charge on any atom is 0.251 e. The van der Waals surface area contributed by atoms with Crippen molar-refractivity contribution in [1.29, 1.82) is 0 Å². The molecule has 2 aliphatic rings. The van der Waals surface area contributed by atoms with Crippen molar-refractivity contribution in [3.8, 4) is 11.1 Å². The summed E-state index contributed by atoms with van der Waals surface area (Å²) < 4.78 is 57.6. The van der Waals surface area contributed by atoms with E-state index in [9.17, 15) is 27.1 Å². The zero-order valence-electron chi connectivity index (χ0n) is 16.1. The lowest BCUT2D eigenvalue weighted by atomic mass is 9.93. The zero-order valence-corrected chi connectivity index (χ0v) is 18.5. The number of nitrogens with one attached hydrogen (secondary N) is 2. The molecule has 4 rings (SSSR count). The normalized spacial score (nSPS) is 24.8. The Balaban J connectivity index is 1.97. The number of amides is 1. The molecular formula is C21H17BrF2N2O4S. The smallest absolute Gasteiger partial charge is 0.251 e. The number of sulfonamides is 1. The Labute approximate surface area is 185 Å². The Morgan fingerprint density at radius 2 is 1.87 bits per heavy atom. The third-order valence-electron chi connectivity index (χ3n) is 5.30.